The molecule has 0 aliphatic carbocycles. The van der Waals surface area contributed by atoms with Crippen molar-refractivity contribution < 1.29 is 38.2 Å². The molecule has 0 radical (unpaired) electrons. The summed E-state index contributed by atoms with van der Waals surface area (Å²) in [5.41, 5.74) is -1.10. The number of rotatable bonds is 28. The topological polar surface area (TPSA) is 131 Å². The van der Waals surface area contributed by atoms with Crippen molar-refractivity contribution in [2.24, 2.45) is 0 Å². The van der Waals surface area contributed by atoms with Gasteiger partial charge in [0.15, 0.2) is 0 Å². The number of nitrogens with one attached hydrogen (secondary N) is 1. The second kappa shape index (κ2) is 26.1. The van der Waals surface area contributed by atoms with E-state index in [2.05, 4.69) is 12.2 Å². The fraction of sp³-hybridized carbons (Fsp3) is 0.920. The summed E-state index contributed by atoms with van der Waals surface area (Å²) in [7, 11) is -4.64. The Labute approximate surface area is 222 Å². The Kier molecular flexibility index (Phi) is 25.8. The van der Waals surface area contributed by atoms with Crippen LogP contribution in [-0.4, -0.2) is 78.9 Å². The molecule has 0 aromatic carbocycles. The number of ether oxygens (including phenoxy) is 3. The van der Waals surface area contributed by atoms with Crippen LogP contribution in [0.15, 0.2) is 0 Å². The van der Waals surface area contributed by atoms with Gasteiger partial charge in [0.2, 0.25) is 5.52 Å². The maximum absolute atomic E-state index is 11.8. The van der Waals surface area contributed by atoms with Crippen LogP contribution in [0.25, 0.3) is 0 Å². The maximum atomic E-state index is 11.8. The van der Waals surface area contributed by atoms with Crippen molar-refractivity contribution in [3.05, 3.63) is 0 Å². The van der Waals surface area contributed by atoms with Crippen LogP contribution in [0, 0.1) is 0 Å². The second-order valence-corrected chi connectivity index (χ2v) is 11.6. The fourth-order valence-corrected chi connectivity index (χ4v) is 4.55. The number of thioether (sulfide) groups is 1. The molecule has 214 valence electrons. The predicted octanol–water partition coefficient (Wildman–Crippen LogP) is 4.68. The summed E-state index contributed by atoms with van der Waals surface area (Å²) in [6.07, 6.45) is 13.4. The highest BCUT2D eigenvalue weighted by Gasteiger charge is 2.24. The van der Waals surface area contributed by atoms with Crippen LogP contribution in [0.2, 0.25) is 0 Å². The first-order valence-corrected chi connectivity index (χ1v) is 16.3. The van der Waals surface area contributed by atoms with Gasteiger partial charge in [-0.1, -0.05) is 58.3 Å². The van der Waals surface area contributed by atoms with Crippen molar-refractivity contribution in [1.29, 1.82) is 0 Å². The van der Waals surface area contributed by atoms with E-state index in [1.165, 1.54) is 44.9 Å². The summed E-state index contributed by atoms with van der Waals surface area (Å²) in [6.45, 7) is 5.56. The molecule has 0 saturated heterocycles. The number of carbonyl (C=O) groups excluding carboxylic acids is 2. The van der Waals surface area contributed by atoms with E-state index in [-0.39, 0.29) is 25.6 Å². The zero-order chi connectivity index (χ0) is 26.7. The van der Waals surface area contributed by atoms with Gasteiger partial charge < -0.3 is 29.3 Å². The Morgan fingerprint density at radius 2 is 1.33 bits per heavy atom. The van der Waals surface area contributed by atoms with E-state index in [9.17, 15) is 14.2 Å². The van der Waals surface area contributed by atoms with Gasteiger partial charge in [0.05, 0.1) is 33.0 Å². The minimum atomic E-state index is -4.64. The Morgan fingerprint density at radius 1 is 0.722 bits per heavy atom. The first-order chi connectivity index (χ1) is 17.4. The Morgan fingerprint density at radius 3 is 2.00 bits per heavy atom. The van der Waals surface area contributed by atoms with Gasteiger partial charge in [-0.15, -0.1) is 0 Å². The predicted molar refractivity (Wildman–Crippen MR) is 146 cm³/mol. The molecule has 0 rings (SSSR count). The highest BCUT2D eigenvalue weighted by atomic mass is 32.2. The molecule has 0 aliphatic heterocycles. The molecule has 0 saturated carbocycles. The molecule has 0 unspecified atom stereocenters. The molecule has 0 bridgehead atoms. The number of carbonyl (C=O) groups is 2. The molecule has 9 nitrogen and oxygen atoms in total. The molecule has 36 heavy (non-hydrogen) atoms. The van der Waals surface area contributed by atoms with E-state index in [1.807, 2.05) is 11.8 Å². The van der Waals surface area contributed by atoms with Crippen LogP contribution in [0.1, 0.15) is 90.4 Å². The van der Waals surface area contributed by atoms with Gasteiger partial charge in [0, 0.05) is 19.4 Å². The van der Waals surface area contributed by atoms with Crippen molar-refractivity contribution in [2.75, 3.05) is 57.6 Å². The third-order valence-corrected chi connectivity index (χ3v) is 7.43. The molecule has 0 aliphatic rings. The highest BCUT2D eigenvalue weighted by Crippen LogP contribution is 2.36. The van der Waals surface area contributed by atoms with Crippen LogP contribution < -0.4 is 5.32 Å². The largest absolute Gasteiger partial charge is 0.466 e. The summed E-state index contributed by atoms with van der Waals surface area (Å²) in [5.74, 6) is 1.99. The van der Waals surface area contributed by atoms with E-state index in [1.54, 1.807) is 0 Å². The third-order valence-electron chi connectivity index (χ3n) is 5.40. The minimum Gasteiger partial charge on any atom is -0.466 e. The molecule has 0 aromatic heterocycles. The zero-order valence-corrected chi connectivity index (χ0v) is 24.0. The second-order valence-electron chi connectivity index (χ2n) is 8.78. The first-order valence-electron chi connectivity index (χ1n) is 13.6. The summed E-state index contributed by atoms with van der Waals surface area (Å²) >= 11 is 1.87. The fourth-order valence-electron chi connectivity index (χ4n) is 3.30. The lowest BCUT2D eigenvalue weighted by Gasteiger charge is -2.08. The molecule has 0 heterocycles. The van der Waals surface area contributed by atoms with Crippen molar-refractivity contribution >= 4 is 30.9 Å². The quantitative estimate of drug-likeness (QED) is 0.0710. The Bertz CT molecular complexity index is 576. The summed E-state index contributed by atoms with van der Waals surface area (Å²) in [6, 6.07) is 0. The lowest BCUT2D eigenvalue weighted by molar-refractivity contribution is -0.143. The van der Waals surface area contributed by atoms with Crippen LogP contribution in [-0.2, 0) is 28.4 Å². The smallest absolute Gasteiger partial charge is 0.391 e. The highest BCUT2D eigenvalue weighted by molar-refractivity contribution is 7.99. The van der Waals surface area contributed by atoms with Gasteiger partial charge in [-0.2, -0.15) is 11.8 Å². The van der Waals surface area contributed by atoms with Crippen LogP contribution in [0.3, 0.4) is 0 Å². The van der Waals surface area contributed by atoms with Crippen LogP contribution in [0.4, 0.5) is 0 Å². The van der Waals surface area contributed by atoms with Gasteiger partial charge in [-0.25, -0.2) is 0 Å². The molecule has 0 spiro atoms. The molecule has 3 N–H and O–H groups in total. The van der Waals surface area contributed by atoms with Gasteiger partial charge in [-0.05, 0) is 37.3 Å². The van der Waals surface area contributed by atoms with Crippen molar-refractivity contribution in [3.63, 3.8) is 0 Å². The SMILES string of the molecule is CCCCCCCCCCCC(=O)OCCCSCCCNCCOCCOCCC(=O)P(=O)(O)O. The average Bonchev–Trinajstić information content (AvgIpc) is 2.84. The molecule has 0 aromatic rings. The number of hydrogen-bond donors (Lipinski definition) is 3. The van der Waals surface area contributed by atoms with E-state index in [0.29, 0.717) is 26.2 Å². The monoisotopic (exact) mass is 555 g/mol. The lowest BCUT2D eigenvalue weighted by atomic mass is 10.1. The third kappa shape index (κ3) is 26.6. The van der Waals surface area contributed by atoms with E-state index < -0.39 is 13.1 Å². The molecule has 0 atom stereocenters. The first kappa shape index (κ1) is 35.5. The van der Waals surface area contributed by atoms with Crippen LogP contribution in [0.5, 0.6) is 0 Å². The minimum absolute atomic E-state index is 0.0228. The Balaban J connectivity index is 3.21. The number of esters is 1. The van der Waals surface area contributed by atoms with Crippen molar-refractivity contribution in [3.8, 4) is 0 Å². The summed E-state index contributed by atoms with van der Waals surface area (Å²) < 4.78 is 26.5. The van der Waals surface area contributed by atoms with E-state index in [4.69, 9.17) is 24.0 Å². The molecule has 0 fully saturated rings. The normalized spacial score (nSPS) is 11.6. The summed E-state index contributed by atoms with van der Waals surface area (Å²) in [4.78, 5) is 40.1. The maximum Gasteiger partial charge on any atom is 0.391 e. The lowest BCUT2D eigenvalue weighted by Crippen LogP contribution is -2.22. The zero-order valence-electron chi connectivity index (χ0n) is 22.3. The number of unbranched alkanes of at least 4 members (excludes halogenated alkanes) is 8. The molecule has 11 heteroatoms. The van der Waals surface area contributed by atoms with Gasteiger partial charge in [0.1, 0.15) is 0 Å². The van der Waals surface area contributed by atoms with Crippen molar-refractivity contribution in [2.45, 2.75) is 90.4 Å². The van der Waals surface area contributed by atoms with Crippen LogP contribution >= 0.6 is 19.4 Å². The van der Waals surface area contributed by atoms with Crippen molar-refractivity contribution in [1.82, 2.24) is 5.32 Å². The van der Waals surface area contributed by atoms with E-state index in [0.717, 1.165) is 50.3 Å². The van der Waals surface area contributed by atoms with Gasteiger partial charge in [0.25, 0.3) is 0 Å². The number of hydrogen-bond acceptors (Lipinski definition) is 8. The Hall–Kier alpha value is -0.480. The van der Waals surface area contributed by atoms with Gasteiger partial charge >= 0.3 is 13.6 Å². The van der Waals surface area contributed by atoms with E-state index >= 15 is 0 Å². The molecular weight excluding hydrogens is 505 g/mol. The molecular formula is C25H50NO8PS. The summed E-state index contributed by atoms with van der Waals surface area (Å²) in [5, 5.41) is 3.30. The molecule has 0 amide bonds. The average molecular weight is 556 g/mol. The van der Waals surface area contributed by atoms with Gasteiger partial charge in [-0.3, -0.25) is 14.2 Å². The standard InChI is InChI=1S/C25H50NO8PS/c1-2-3-4-5-6-7-8-9-10-13-24(27)34-17-12-23-36-22-11-15-26-16-19-33-21-20-32-18-14-25(28)35(29,30)31/h26H,2-23H2,1H3,(H2,29,30,31).